The van der Waals surface area contributed by atoms with Gasteiger partial charge in [0.25, 0.3) is 5.91 Å². The first-order valence-electron chi connectivity index (χ1n) is 16.0. The number of nitrogens with one attached hydrogen (secondary N) is 2. The molecule has 3 fully saturated rings. The molecule has 2 aromatic carbocycles. The van der Waals surface area contributed by atoms with Gasteiger partial charge in [0.05, 0.1) is 24.0 Å². The number of ether oxygens (including phenoxy) is 2. The van der Waals surface area contributed by atoms with Crippen molar-refractivity contribution in [2.45, 2.75) is 48.3 Å². The maximum atomic E-state index is 13.9. The number of rotatable bonds is 12. The van der Waals surface area contributed by atoms with Crippen molar-refractivity contribution in [1.29, 1.82) is 0 Å². The van der Waals surface area contributed by atoms with E-state index >= 15 is 0 Å². The van der Waals surface area contributed by atoms with Crippen LogP contribution in [0.1, 0.15) is 48.5 Å². The third-order valence-electron chi connectivity index (χ3n) is 10.1. The first kappa shape index (κ1) is 32.9. The molecule has 11 nitrogen and oxygen atoms in total. The van der Waals surface area contributed by atoms with Crippen LogP contribution in [0.2, 0.25) is 0 Å². The maximum absolute atomic E-state index is 13.9. The Morgan fingerprint density at radius 1 is 1.04 bits per heavy atom. The summed E-state index contributed by atoms with van der Waals surface area (Å²) in [4.78, 5) is 69.3. The molecule has 48 heavy (non-hydrogen) atoms. The Bertz CT molecular complexity index is 1830. The molecule has 3 N–H and O–H groups in total. The number of methoxy groups -OCH3 is 1. The lowest BCUT2D eigenvalue weighted by Crippen LogP contribution is -2.42. The van der Waals surface area contributed by atoms with Gasteiger partial charge in [-0.15, -0.1) is 11.8 Å². The van der Waals surface area contributed by atoms with Crippen molar-refractivity contribution in [3.05, 3.63) is 67.0 Å². The molecular formula is C34H34BrN3O8S2. The van der Waals surface area contributed by atoms with E-state index in [0.717, 1.165) is 37.7 Å². The van der Waals surface area contributed by atoms with Gasteiger partial charge in [0.15, 0.2) is 6.61 Å². The van der Waals surface area contributed by atoms with Gasteiger partial charge >= 0.3 is 10.8 Å². The Morgan fingerprint density at radius 2 is 1.79 bits per heavy atom. The van der Waals surface area contributed by atoms with E-state index in [1.165, 1.54) is 4.90 Å². The van der Waals surface area contributed by atoms with Crippen LogP contribution in [0.25, 0.3) is 0 Å². The van der Waals surface area contributed by atoms with Crippen LogP contribution < -0.4 is 19.7 Å². The fourth-order valence-corrected chi connectivity index (χ4v) is 11.5. The zero-order valence-corrected chi connectivity index (χ0v) is 29.2. The Balaban J connectivity index is 1.15. The number of amides is 3. The monoisotopic (exact) mass is 755 g/mol. The van der Waals surface area contributed by atoms with Crippen LogP contribution in [0, 0.1) is 29.6 Å². The number of aromatic amines is 1. The number of carbonyl (C=O) groups excluding carboxylic acids is 3. The Morgan fingerprint density at radius 3 is 2.52 bits per heavy atom. The highest BCUT2D eigenvalue weighted by Crippen LogP contribution is 2.69. The third-order valence-corrected chi connectivity index (χ3v) is 13.2. The van der Waals surface area contributed by atoms with Gasteiger partial charge in [0.2, 0.25) is 11.8 Å². The van der Waals surface area contributed by atoms with E-state index in [1.807, 2.05) is 18.2 Å². The van der Waals surface area contributed by atoms with Gasteiger partial charge in [-0.05, 0) is 79.5 Å². The number of hydrogen-bond donors (Lipinski definition) is 3. The quantitative estimate of drug-likeness (QED) is 0.164. The minimum Gasteiger partial charge on any atom is -0.497 e. The standard InChI is InChI=1S/C34H34BrN3O8S2/c1-45-18-9-7-17(8-10-18)36-23(39)15-46-22-11-6-16(35)13-19(22)25-26-20-14-21(29(26)47-31-30(25)48-34(44)37-31)28-27(20)32(42)38(33(28)43)12-4-2-3-5-24(40)41/h6-11,13,20-21,25-29H,2-5,12,14-15H2,1H3,(H,36,39)(H,37,44)(H,40,41)/t20?,21?,25-,26?,27?,28?,29?/m1/s1. The van der Waals surface area contributed by atoms with E-state index in [2.05, 4.69) is 26.2 Å². The Hall–Kier alpha value is -3.62. The summed E-state index contributed by atoms with van der Waals surface area (Å²) in [6.07, 6.45) is 2.54. The second kappa shape index (κ2) is 13.4. The molecule has 252 valence electrons. The number of thiazole rings is 1. The molecule has 1 aromatic heterocycles. The number of aliphatic carboxylic acids is 1. The first-order chi connectivity index (χ1) is 23.1. The van der Waals surface area contributed by atoms with E-state index in [0.29, 0.717) is 43.0 Å². The molecule has 3 heterocycles. The first-order valence-corrected chi connectivity index (χ1v) is 18.5. The summed E-state index contributed by atoms with van der Waals surface area (Å²) in [5.74, 6) is -1.45. The number of fused-ring (bicyclic) bond motifs is 9. The molecule has 7 rings (SSSR count). The lowest BCUT2D eigenvalue weighted by Gasteiger charge is -2.43. The number of halogens is 1. The van der Waals surface area contributed by atoms with Crippen molar-refractivity contribution in [3.63, 3.8) is 0 Å². The molecule has 2 saturated carbocycles. The maximum Gasteiger partial charge on any atom is 0.305 e. The van der Waals surface area contributed by atoms with Gasteiger partial charge in [-0.1, -0.05) is 33.7 Å². The number of imide groups is 1. The van der Waals surface area contributed by atoms with Gasteiger partial charge in [0.1, 0.15) is 11.5 Å². The summed E-state index contributed by atoms with van der Waals surface area (Å²) < 4.78 is 12.2. The highest BCUT2D eigenvalue weighted by atomic mass is 79.9. The number of aromatic nitrogens is 1. The van der Waals surface area contributed by atoms with Crippen molar-refractivity contribution in [3.8, 4) is 11.5 Å². The highest BCUT2D eigenvalue weighted by Gasteiger charge is 2.69. The normalized spacial score (nSPS) is 26.6. The van der Waals surface area contributed by atoms with Gasteiger partial charge in [-0.25, -0.2) is 0 Å². The second-order valence-electron chi connectivity index (χ2n) is 12.7. The molecule has 1 saturated heterocycles. The molecule has 2 aliphatic carbocycles. The van der Waals surface area contributed by atoms with Gasteiger partial charge in [-0.2, -0.15) is 0 Å². The van der Waals surface area contributed by atoms with E-state index in [-0.39, 0.29) is 70.5 Å². The molecule has 2 aliphatic heterocycles. The van der Waals surface area contributed by atoms with E-state index < -0.39 is 11.9 Å². The number of carboxylic acid groups (broad SMARTS) is 1. The third kappa shape index (κ3) is 5.96. The van der Waals surface area contributed by atoms with Crippen molar-refractivity contribution in [2.75, 3.05) is 25.6 Å². The van der Waals surface area contributed by atoms with Gasteiger partial charge < -0.3 is 24.9 Å². The second-order valence-corrected chi connectivity index (χ2v) is 15.9. The zero-order valence-electron chi connectivity index (χ0n) is 26.0. The average Bonchev–Trinajstić information content (AvgIpc) is 3.80. The fourth-order valence-electron chi connectivity index (χ4n) is 8.28. The minimum atomic E-state index is -0.852. The summed E-state index contributed by atoms with van der Waals surface area (Å²) >= 11 is 6.39. The number of carboxylic acids is 1. The smallest absolute Gasteiger partial charge is 0.305 e. The number of anilines is 1. The molecule has 4 aliphatic rings. The predicted octanol–water partition coefficient (Wildman–Crippen LogP) is 5.34. The topological polar surface area (TPSA) is 155 Å². The van der Waals surface area contributed by atoms with E-state index in [4.69, 9.17) is 14.6 Å². The van der Waals surface area contributed by atoms with Crippen LogP contribution in [0.3, 0.4) is 0 Å². The van der Waals surface area contributed by atoms with Crippen LogP contribution in [-0.4, -0.2) is 64.2 Å². The fraction of sp³-hybridized carbons (Fsp3) is 0.441. The largest absolute Gasteiger partial charge is 0.497 e. The Labute approximate surface area is 292 Å². The predicted molar refractivity (Wildman–Crippen MR) is 183 cm³/mol. The molecular weight excluding hydrogens is 722 g/mol. The molecule has 0 spiro atoms. The van der Waals surface area contributed by atoms with E-state index in [1.54, 1.807) is 43.1 Å². The van der Waals surface area contributed by atoms with Crippen LogP contribution in [-0.2, 0) is 19.2 Å². The molecule has 7 atom stereocenters. The Kier molecular flexibility index (Phi) is 9.16. The number of benzene rings is 2. The number of hydrogen-bond acceptors (Lipinski definition) is 9. The van der Waals surface area contributed by atoms with Crippen molar-refractivity contribution < 1.29 is 33.8 Å². The van der Waals surface area contributed by atoms with E-state index in [9.17, 15) is 24.0 Å². The lowest BCUT2D eigenvalue weighted by molar-refractivity contribution is -0.141. The summed E-state index contributed by atoms with van der Waals surface area (Å²) in [5.41, 5.74) is 1.43. The molecule has 14 heteroatoms. The summed E-state index contributed by atoms with van der Waals surface area (Å²) in [5, 5.41) is 12.6. The molecule has 0 radical (unpaired) electrons. The highest BCUT2D eigenvalue weighted by molar-refractivity contribution is 9.10. The van der Waals surface area contributed by atoms with Gasteiger partial charge in [-0.3, -0.25) is 28.9 Å². The van der Waals surface area contributed by atoms with Crippen LogP contribution >= 0.6 is 39.0 Å². The number of H-pyrrole nitrogens is 1. The SMILES string of the molecule is COc1ccc(NC(=O)COc2ccc(Br)cc2[C@H]2c3sc(=O)[nH]c3SC3C4CC(C5C(=O)N(CCCCCC(=O)O)C(=O)C45)C32)cc1. The number of carbonyl (C=O) groups is 4. The number of likely N-dealkylation sites (tertiary alicyclic amines) is 1. The zero-order chi connectivity index (χ0) is 33.7. The number of unbranched alkanes of at least 4 members (excludes halogenated alkanes) is 2. The minimum absolute atomic E-state index is 0.0106. The average molecular weight is 757 g/mol. The molecule has 3 aromatic rings. The molecule has 3 amide bonds. The van der Waals surface area contributed by atoms with Crippen molar-refractivity contribution in [2.24, 2.45) is 29.6 Å². The van der Waals surface area contributed by atoms with Crippen LogP contribution in [0.15, 0.2) is 56.8 Å². The van der Waals surface area contributed by atoms with Crippen LogP contribution in [0.4, 0.5) is 5.69 Å². The number of thioether (sulfide) groups is 1. The molecule has 2 bridgehead atoms. The van der Waals surface area contributed by atoms with Crippen molar-refractivity contribution >= 4 is 68.4 Å². The van der Waals surface area contributed by atoms with Gasteiger partial charge in [0, 0.05) is 44.7 Å². The summed E-state index contributed by atoms with van der Waals surface area (Å²) in [6, 6.07) is 12.6. The van der Waals surface area contributed by atoms with Crippen LogP contribution in [0.5, 0.6) is 11.5 Å². The molecule has 6 unspecified atom stereocenters. The summed E-state index contributed by atoms with van der Waals surface area (Å²) in [7, 11) is 1.57. The lowest BCUT2D eigenvalue weighted by atomic mass is 9.68. The van der Waals surface area contributed by atoms with Crippen molar-refractivity contribution in [1.82, 2.24) is 9.88 Å². The summed E-state index contributed by atoms with van der Waals surface area (Å²) in [6.45, 7) is 0.0656. The number of nitrogens with zero attached hydrogens (tertiary/aromatic N) is 1.